The van der Waals surface area contributed by atoms with E-state index in [2.05, 4.69) is 47.6 Å². The van der Waals surface area contributed by atoms with Crippen molar-refractivity contribution in [3.05, 3.63) is 11.6 Å². The average molecular weight is 168 g/mol. The van der Waals surface area contributed by atoms with Crippen LogP contribution < -0.4 is 0 Å². The summed E-state index contributed by atoms with van der Waals surface area (Å²) in [6.45, 7) is 13.7. The Bertz CT molecular complexity index is 151. The van der Waals surface area contributed by atoms with E-state index in [1.54, 1.807) is 0 Å². The minimum Gasteiger partial charge on any atom is -0.0797 e. The minimum atomic E-state index is 0.370. The fourth-order valence-electron chi connectivity index (χ4n) is 1.41. The maximum Gasteiger partial charge on any atom is -0.0147 e. The van der Waals surface area contributed by atoms with Gasteiger partial charge in [-0.25, -0.2) is 0 Å². The van der Waals surface area contributed by atoms with Crippen molar-refractivity contribution in [2.24, 2.45) is 11.3 Å². The van der Waals surface area contributed by atoms with E-state index in [-0.39, 0.29) is 0 Å². The van der Waals surface area contributed by atoms with Gasteiger partial charge in [-0.05, 0) is 24.7 Å². The zero-order valence-corrected chi connectivity index (χ0v) is 9.57. The Morgan fingerprint density at radius 2 is 1.83 bits per heavy atom. The van der Waals surface area contributed by atoms with E-state index < -0.39 is 0 Å². The van der Waals surface area contributed by atoms with Crippen LogP contribution >= 0.6 is 0 Å². The van der Waals surface area contributed by atoms with Gasteiger partial charge in [-0.15, -0.1) is 0 Å². The Morgan fingerprint density at radius 3 is 2.17 bits per heavy atom. The molecule has 0 aliphatic heterocycles. The molecule has 0 heteroatoms. The maximum absolute atomic E-state index is 2.43. The average Bonchev–Trinajstić information content (AvgIpc) is 2.02. The summed E-state index contributed by atoms with van der Waals surface area (Å²) < 4.78 is 0. The zero-order chi connectivity index (χ0) is 9.78. The van der Waals surface area contributed by atoms with Gasteiger partial charge in [-0.1, -0.05) is 52.7 Å². The van der Waals surface area contributed by atoms with Crippen molar-refractivity contribution >= 4 is 0 Å². The van der Waals surface area contributed by atoms with Crippen LogP contribution in [-0.2, 0) is 0 Å². The van der Waals surface area contributed by atoms with Gasteiger partial charge in [-0.2, -0.15) is 0 Å². The smallest absolute Gasteiger partial charge is 0.0147 e. The van der Waals surface area contributed by atoms with Crippen molar-refractivity contribution in [2.75, 3.05) is 0 Å². The normalized spacial score (nSPS) is 16.3. The summed E-state index contributed by atoms with van der Waals surface area (Å²) in [4.78, 5) is 0. The van der Waals surface area contributed by atoms with Gasteiger partial charge in [0.1, 0.15) is 0 Å². The molecule has 0 saturated carbocycles. The van der Waals surface area contributed by atoms with Gasteiger partial charge in [-0.3, -0.25) is 0 Å². The van der Waals surface area contributed by atoms with Crippen LogP contribution in [0.1, 0.15) is 54.4 Å². The molecule has 0 N–H and O–H groups in total. The molecule has 0 heterocycles. The first-order valence-electron chi connectivity index (χ1n) is 5.12. The van der Waals surface area contributed by atoms with Crippen LogP contribution in [0.25, 0.3) is 0 Å². The van der Waals surface area contributed by atoms with Crippen molar-refractivity contribution in [3.63, 3.8) is 0 Å². The zero-order valence-electron chi connectivity index (χ0n) is 9.57. The van der Waals surface area contributed by atoms with Crippen LogP contribution in [0, 0.1) is 11.3 Å². The van der Waals surface area contributed by atoms with E-state index in [9.17, 15) is 0 Å². The van der Waals surface area contributed by atoms with Gasteiger partial charge < -0.3 is 0 Å². The molecule has 1 atom stereocenters. The maximum atomic E-state index is 2.43. The molecule has 0 nitrogen and oxygen atoms in total. The molecule has 0 amide bonds. The van der Waals surface area contributed by atoms with E-state index in [1.165, 1.54) is 18.4 Å². The lowest BCUT2D eigenvalue weighted by molar-refractivity contribution is 0.297. The van der Waals surface area contributed by atoms with Crippen molar-refractivity contribution in [1.29, 1.82) is 0 Å². The Hall–Kier alpha value is -0.260. The van der Waals surface area contributed by atoms with Crippen LogP contribution in [0.2, 0.25) is 0 Å². The van der Waals surface area contributed by atoms with Crippen molar-refractivity contribution in [3.8, 4) is 0 Å². The molecule has 0 aliphatic carbocycles. The molecule has 12 heavy (non-hydrogen) atoms. The molecule has 0 bridgehead atoms. The van der Waals surface area contributed by atoms with Crippen LogP contribution in [0.5, 0.6) is 0 Å². The third kappa shape index (κ3) is 3.42. The molecule has 1 unspecified atom stereocenters. The summed E-state index contributed by atoms with van der Waals surface area (Å²) in [6.07, 6.45) is 4.88. The third-order valence-electron chi connectivity index (χ3n) is 3.06. The molecule has 0 fully saturated rings. The molecular formula is C12H24. The largest absolute Gasteiger partial charge is 0.0797 e. The first-order chi connectivity index (χ1) is 5.44. The summed E-state index contributed by atoms with van der Waals surface area (Å²) in [5.74, 6) is 0.777. The monoisotopic (exact) mass is 168 g/mol. The fourth-order valence-corrected chi connectivity index (χ4v) is 1.41. The highest BCUT2D eigenvalue weighted by Gasteiger charge is 2.21. The molecule has 72 valence electrons. The van der Waals surface area contributed by atoms with Gasteiger partial charge in [0, 0.05) is 0 Å². The first-order valence-corrected chi connectivity index (χ1v) is 5.12. The Labute approximate surface area is 78.1 Å². The van der Waals surface area contributed by atoms with Crippen molar-refractivity contribution < 1.29 is 0 Å². The van der Waals surface area contributed by atoms with Gasteiger partial charge >= 0.3 is 0 Å². The number of rotatable bonds is 4. The molecule has 0 aromatic carbocycles. The van der Waals surface area contributed by atoms with Gasteiger partial charge in [0.2, 0.25) is 0 Å². The Morgan fingerprint density at radius 1 is 1.33 bits per heavy atom. The number of hydrogen-bond acceptors (Lipinski definition) is 0. The number of allylic oxidation sites excluding steroid dienone is 2. The van der Waals surface area contributed by atoms with E-state index >= 15 is 0 Å². The van der Waals surface area contributed by atoms with Crippen molar-refractivity contribution in [2.45, 2.75) is 54.4 Å². The van der Waals surface area contributed by atoms with Crippen LogP contribution in [0.4, 0.5) is 0 Å². The van der Waals surface area contributed by atoms with E-state index in [0.29, 0.717) is 5.41 Å². The summed E-state index contributed by atoms with van der Waals surface area (Å²) in [6, 6.07) is 0. The van der Waals surface area contributed by atoms with Gasteiger partial charge in [0.05, 0.1) is 0 Å². The molecule has 0 saturated heterocycles. The Balaban J connectivity index is 4.40. The molecule has 0 radical (unpaired) electrons. The lowest BCUT2D eigenvalue weighted by atomic mass is 9.77. The standard InChI is InChI=1S/C12H24/c1-7-10(3)9-12(5,6)11(4)8-2/h9,11H,7-8H2,1-6H3. The molecule has 0 spiro atoms. The number of hydrogen-bond donors (Lipinski definition) is 0. The van der Waals surface area contributed by atoms with Crippen LogP contribution in [0.3, 0.4) is 0 Å². The molecule has 0 aliphatic rings. The fraction of sp³-hybridized carbons (Fsp3) is 0.833. The topological polar surface area (TPSA) is 0 Å². The first kappa shape index (κ1) is 11.7. The van der Waals surface area contributed by atoms with E-state index in [4.69, 9.17) is 0 Å². The van der Waals surface area contributed by atoms with E-state index in [0.717, 1.165) is 5.92 Å². The molecule has 0 aromatic rings. The lowest BCUT2D eigenvalue weighted by Crippen LogP contribution is -2.18. The van der Waals surface area contributed by atoms with E-state index in [1.807, 2.05) is 0 Å². The van der Waals surface area contributed by atoms with Crippen LogP contribution in [0.15, 0.2) is 11.6 Å². The van der Waals surface area contributed by atoms with Gasteiger partial charge in [0.15, 0.2) is 0 Å². The highest BCUT2D eigenvalue weighted by molar-refractivity contribution is 5.05. The predicted molar refractivity (Wildman–Crippen MR) is 57.3 cm³/mol. The SMILES string of the molecule is CCC(C)=CC(C)(C)C(C)CC. The molecule has 0 aromatic heterocycles. The quantitative estimate of drug-likeness (QED) is 0.545. The molecule has 0 rings (SSSR count). The van der Waals surface area contributed by atoms with Crippen molar-refractivity contribution in [1.82, 2.24) is 0 Å². The Kier molecular flexibility index (Phi) is 4.59. The summed E-state index contributed by atoms with van der Waals surface area (Å²) in [5, 5.41) is 0. The highest BCUT2D eigenvalue weighted by atomic mass is 14.3. The summed E-state index contributed by atoms with van der Waals surface area (Å²) in [5.41, 5.74) is 1.88. The van der Waals surface area contributed by atoms with Gasteiger partial charge in [0.25, 0.3) is 0 Å². The summed E-state index contributed by atoms with van der Waals surface area (Å²) in [7, 11) is 0. The summed E-state index contributed by atoms with van der Waals surface area (Å²) >= 11 is 0. The highest BCUT2D eigenvalue weighted by Crippen LogP contribution is 2.31. The molecular weight excluding hydrogens is 144 g/mol. The predicted octanol–water partition coefficient (Wildman–Crippen LogP) is 4.42. The minimum absolute atomic E-state index is 0.370. The second kappa shape index (κ2) is 4.69. The second-order valence-electron chi connectivity index (χ2n) is 4.47. The third-order valence-corrected chi connectivity index (χ3v) is 3.06. The van der Waals surface area contributed by atoms with Crippen LogP contribution in [-0.4, -0.2) is 0 Å². The second-order valence-corrected chi connectivity index (χ2v) is 4.47. The lowest BCUT2D eigenvalue weighted by Gasteiger charge is -2.28.